The SMILES string of the molecule is COc1cc2cc(c1Cl)N(C)C(=O)C[C@H](OC(=O)[C@H](C)N(C)C(=O)CCOC(=O)N(C)CCN(C)C(=O)OCc1ccc(NC(=O)OC3/C=C/COCOC3)c(NC(=O)CCNC(=O)CSC)c1)[C@]1(C)O[C@H]1[C@H](C)[C@@H]1C[C@@](O)(NC(=O)O1)[C@H](O)/C=C/C=C(\C)C2. The first-order valence-corrected chi connectivity index (χ1v) is 30.7. The number of aliphatic hydroxyl groups excluding tert-OH is 1. The van der Waals surface area contributed by atoms with Crippen LogP contribution in [0.1, 0.15) is 64.5 Å². The number of carbonyl (C=O) groups excluding carboxylic acids is 9. The summed E-state index contributed by atoms with van der Waals surface area (Å²) in [5.41, 5.74) is -0.988. The summed E-state index contributed by atoms with van der Waals surface area (Å²) in [5, 5.41) is 33.2. The van der Waals surface area contributed by atoms with E-state index in [0.29, 0.717) is 23.2 Å². The third kappa shape index (κ3) is 19.9. The number of allylic oxidation sites excluding steroid dienone is 3. The second-order valence-electron chi connectivity index (χ2n) is 22.3. The van der Waals surface area contributed by atoms with Gasteiger partial charge in [-0.05, 0) is 74.9 Å². The van der Waals surface area contributed by atoms with Crippen molar-refractivity contribution in [2.45, 2.75) is 114 Å². The summed E-state index contributed by atoms with van der Waals surface area (Å²) < 4.78 is 50.4. The number of ether oxygens (including phenoxy) is 9. The van der Waals surface area contributed by atoms with Gasteiger partial charge in [0, 0.05) is 66.6 Å². The molecule has 2 saturated heterocycles. The van der Waals surface area contributed by atoms with Crippen LogP contribution in [0, 0.1) is 5.92 Å². The van der Waals surface area contributed by atoms with Crippen molar-refractivity contribution in [1.82, 2.24) is 25.3 Å². The molecule has 1 unspecified atom stereocenters. The van der Waals surface area contributed by atoms with E-state index in [1.54, 1.807) is 62.6 Å². The van der Waals surface area contributed by atoms with Gasteiger partial charge in [-0.3, -0.25) is 29.8 Å². The van der Waals surface area contributed by atoms with Crippen molar-refractivity contribution in [2.24, 2.45) is 5.92 Å². The number of nitrogens with zero attached hydrogens (tertiary/aromatic N) is 4. The van der Waals surface area contributed by atoms with Crippen LogP contribution >= 0.6 is 23.4 Å². The number of likely N-dealkylation sites (N-methyl/N-ethyl adjacent to an activating group) is 3. The Labute approximate surface area is 531 Å². The van der Waals surface area contributed by atoms with Gasteiger partial charge in [-0.2, -0.15) is 11.8 Å². The first-order valence-electron chi connectivity index (χ1n) is 28.9. The molecule has 0 spiro atoms. The number of hydrogen-bond donors (Lipinski definition) is 6. The summed E-state index contributed by atoms with van der Waals surface area (Å²) in [6, 6.07) is 6.72. The summed E-state index contributed by atoms with van der Waals surface area (Å²) in [6.07, 6.45) is -0.00865. The zero-order valence-electron chi connectivity index (χ0n) is 52.0. The van der Waals surface area contributed by atoms with Gasteiger partial charge in [0.2, 0.25) is 23.6 Å². The number of epoxide rings is 1. The van der Waals surface area contributed by atoms with Crippen LogP contribution in [0.15, 0.2) is 66.3 Å². The first kappa shape index (κ1) is 71.4. The number of carbonyl (C=O) groups is 9. The topological polar surface area (TPSA) is 342 Å². The van der Waals surface area contributed by atoms with Gasteiger partial charge in [-0.25, -0.2) is 24.0 Å². The number of anilines is 3. The van der Waals surface area contributed by atoms with Crippen LogP contribution < -0.4 is 30.9 Å². The normalized spacial score (nSPS) is 25.0. The molecule has 2 aromatic rings. The molecule has 0 aliphatic carbocycles. The Hall–Kier alpha value is -7.67. The Balaban J connectivity index is 1.03. The third-order valence-corrected chi connectivity index (χ3v) is 16.3. The van der Waals surface area contributed by atoms with Crippen molar-refractivity contribution in [3.05, 3.63) is 82.4 Å². The van der Waals surface area contributed by atoms with Crippen LogP contribution in [0.3, 0.4) is 0 Å². The average Bonchev–Trinajstić information content (AvgIpc) is 1.57. The highest BCUT2D eigenvalue weighted by atomic mass is 35.5. The van der Waals surface area contributed by atoms with Crippen LogP contribution in [-0.4, -0.2) is 220 Å². The van der Waals surface area contributed by atoms with Crippen LogP contribution in [-0.2, 0) is 74.9 Å². The van der Waals surface area contributed by atoms with E-state index in [1.807, 2.05) is 6.92 Å². The molecule has 4 aliphatic rings. The third-order valence-electron chi connectivity index (χ3n) is 15.4. The number of esters is 1. The molecule has 0 saturated carbocycles. The Kier molecular flexibility index (Phi) is 26.1. The largest absolute Gasteiger partial charge is 0.495 e. The fourth-order valence-corrected chi connectivity index (χ4v) is 10.4. The summed E-state index contributed by atoms with van der Waals surface area (Å²) >= 11 is 8.13. The molecule has 2 aromatic carbocycles. The van der Waals surface area contributed by atoms with Crippen molar-refractivity contribution < 1.29 is 96.0 Å². The summed E-state index contributed by atoms with van der Waals surface area (Å²) in [5.74, 6) is -2.98. The number of rotatable bonds is 20. The van der Waals surface area contributed by atoms with Crippen LogP contribution in [0.4, 0.5) is 36.2 Å². The van der Waals surface area contributed by atoms with E-state index in [0.717, 1.165) is 10.5 Å². The lowest BCUT2D eigenvalue weighted by molar-refractivity contribution is -0.162. The zero-order valence-corrected chi connectivity index (χ0v) is 53.6. The van der Waals surface area contributed by atoms with Gasteiger partial charge in [0.1, 0.15) is 66.8 Å². The minimum absolute atomic E-state index is 0.0175. The van der Waals surface area contributed by atoms with Gasteiger partial charge in [-0.15, -0.1) is 0 Å². The van der Waals surface area contributed by atoms with Gasteiger partial charge < -0.3 is 83.1 Å². The predicted molar refractivity (Wildman–Crippen MR) is 328 cm³/mol. The van der Waals surface area contributed by atoms with E-state index in [9.17, 15) is 53.4 Å². The number of benzene rings is 2. The Morgan fingerprint density at radius 1 is 0.956 bits per heavy atom. The molecule has 9 atom stereocenters. The van der Waals surface area contributed by atoms with Crippen molar-refractivity contribution in [3.63, 3.8) is 0 Å². The molecule has 0 radical (unpaired) electrons. The quantitative estimate of drug-likeness (QED) is 0.0445. The molecule has 6 N–H and O–H groups in total. The van der Waals surface area contributed by atoms with E-state index in [1.165, 1.54) is 86.9 Å². The predicted octanol–water partition coefficient (Wildman–Crippen LogP) is 4.87. The maximum Gasteiger partial charge on any atom is 0.412 e. The molecule has 8 amide bonds. The van der Waals surface area contributed by atoms with Gasteiger partial charge in [-0.1, -0.05) is 54.5 Å². The molecule has 30 heteroatoms. The molecule has 90 heavy (non-hydrogen) atoms. The number of aliphatic hydroxyl groups is 2. The van der Waals surface area contributed by atoms with Gasteiger partial charge in [0.15, 0.2) is 5.72 Å². The number of hydrogen-bond acceptors (Lipinski definition) is 21. The molecule has 28 nitrogen and oxygen atoms in total. The molecule has 4 aliphatic heterocycles. The highest BCUT2D eigenvalue weighted by Gasteiger charge is 2.64. The maximum absolute atomic E-state index is 14.4. The van der Waals surface area contributed by atoms with Crippen molar-refractivity contribution in [1.29, 1.82) is 0 Å². The monoisotopic (exact) mass is 1300 g/mol. The van der Waals surface area contributed by atoms with E-state index < -0.39 is 115 Å². The fraction of sp³-hybridized carbons (Fsp3) is 0.550. The van der Waals surface area contributed by atoms with E-state index >= 15 is 0 Å². The highest BCUT2D eigenvalue weighted by Crippen LogP contribution is 2.49. The molecule has 0 aromatic heterocycles. The lowest BCUT2D eigenvalue weighted by Gasteiger charge is -2.41. The number of methoxy groups -OCH3 is 1. The number of nitrogens with one attached hydrogen (secondary N) is 4. The summed E-state index contributed by atoms with van der Waals surface area (Å²) in [6.45, 7) is 6.24. The van der Waals surface area contributed by atoms with Gasteiger partial charge in [0.05, 0.1) is 62.1 Å². The molecular weight excluding hydrogens is 1220 g/mol. The van der Waals surface area contributed by atoms with Crippen molar-refractivity contribution >= 4 is 94.4 Å². The zero-order chi connectivity index (χ0) is 66.0. The minimum atomic E-state index is -2.14. The van der Waals surface area contributed by atoms with Gasteiger partial charge >= 0.3 is 30.3 Å². The van der Waals surface area contributed by atoms with Crippen LogP contribution in [0.5, 0.6) is 5.75 Å². The average molecular weight is 1300 g/mol. The minimum Gasteiger partial charge on any atom is -0.495 e. The van der Waals surface area contributed by atoms with Crippen molar-refractivity contribution in [2.75, 3.05) is 109 Å². The Morgan fingerprint density at radius 3 is 2.39 bits per heavy atom. The molecule has 4 heterocycles. The second-order valence-corrected chi connectivity index (χ2v) is 23.5. The van der Waals surface area contributed by atoms with Crippen LogP contribution in [0.25, 0.3) is 0 Å². The smallest absolute Gasteiger partial charge is 0.412 e. The second kappa shape index (κ2) is 32.9. The van der Waals surface area contributed by atoms with E-state index in [2.05, 4.69) is 21.3 Å². The number of alkyl carbamates (subject to hydrolysis) is 1. The molecule has 4 bridgehead atoms. The lowest BCUT2D eigenvalue weighted by atomic mass is 9.83. The number of thioether (sulfide) groups is 1. The highest BCUT2D eigenvalue weighted by molar-refractivity contribution is 7.99. The lowest BCUT2D eigenvalue weighted by Crippen LogP contribution is -2.63. The number of amides is 8. The molecule has 6 rings (SSSR count). The van der Waals surface area contributed by atoms with Crippen molar-refractivity contribution in [3.8, 4) is 5.75 Å². The van der Waals surface area contributed by atoms with Gasteiger partial charge in [0.25, 0.3) is 0 Å². The Morgan fingerprint density at radius 2 is 1.68 bits per heavy atom. The Bertz CT molecular complexity index is 3040. The van der Waals surface area contributed by atoms with Crippen LogP contribution in [0.2, 0.25) is 5.02 Å². The van der Waals surface area contributed by atoms with E-state index in [-0.39, 0.29) is 99.3 Å². The molecule has 2 fully saturated rings. The van der Waals surface area contributed by atoms with E-state index in [4.69, 9.17) is 54.2 Å². The standard InChI is InChI=1S/C60H81ClN8O20S/c1-35-13-11-15-46(70)60(80)30-45(87-56(77)65-60)36(2)53-59(4,89-53)47(29-51(74)69(8)43-27-39(25-35)28-44(81-9)52(43)61)88-54(75)37(3)68(7)50(73)19-24-84-57(78)66(5)21-22-67(6)58(79)85-31-38-16-17-41(64-55(76)86-40-14-12-23-82-34-83-32-40)42(26-38)63-48(71)18-20-62-49(72)33-90-10/h11-17,26-28,36-37,40,45-47,53,70,80H,18-25,29-34H2,1-10H3,(H,62,72)(H,63,71)(H,64,76)(H,65,77)/b14-12+,15-11+,35-13+/t36-,37+,40?,45+,46-,47+,53+,59+,60+/m1/s1. The first-order chi connectivity index (χ1) is 42.7. The maximum atomic E-state index is 14.4. The summed E-state index contributed by atoms with van der Waals surface area (Å²) in [4.78, 5) is 124. The molecular formula is C60H81ClN8O20S. The number of halogens is 1. The molecule has 494 valence electrons. The summed E-state index contributed by atoms with van der Waals surface area (Å²) in [7, 11) is 7.15. The fourth-order valence-electron chi connectivity index (χ4n) is 9.76. The number of fused-ring (bicyclic) bond motifs is 5.